The molecule has 4 heteroatoms. The van der Waals surface area contributed by atoms with E-state index in [4.69, 9.17) is 4.74 Å². The van der Waals surface area contributed by atoms with Gasteiger partial charge in [0.1, 0.15) is 0 Å². The summed E-state index contributed by atoms with van der Waals surface area (Å²) < 4.78 is 5.20. The Morgan fingerprint density at radius 1 is 1.40 bits per heavy atom. The molecule has 0 aromatic heterocycles. The second kappa shape index (κ2) is 3.37. The maximum atomic E-state index is 11.6. The highest BCUT2D eigenvalue weighted by atomic mass is 16.6. The molecule has 2 rings (SSSR count). The van der Waals surface area contributed by atoms with Crippen LogP contribution in [0.2, 0.25) is 0 Å². The first-order valence-electron chi connectivity index (χ1n) is 5.48. The molecule has 1 saturated carbocycles. The van der Waals surface area contributed by atoms with E-state index in [1.54, 1.807) is 4.90 Å². The van der Waals surface area contributed by atoms with Crippen LogP contribution in [0.1, 0.15) is 20.8 Å². The number of carbonyl (C=O) groups is 1. The summed E-state index contributed by atoms with van der Waals surface area (Å²) in [7, 11) is 0. The fourth-order valence-electron chi connectivity index (χ4n) is 2.01. The fourth-order valence-corrected chi connectivity index (χ4v) is 2.01. The van der Waals surface area contributed by atoms with Crippen LogP contribution in [0.3, 0.4) is 0 Å². The van der Waals surface area contributed by atoms with Crippen molar-refractivity contribution in [2.45, 2.75) is 26.9 Å². The van der Waals surface area contributed by atoms with Gasteiger partial charge in [-0.25, -0.2) is 4.79 Å². The van der Waals surface area contributed by atoms with E-state index in [0.29, 0.717) is 31.5 Å². The lowest BCUT2D eigenvalue weighted by Gasteiger charge is -2.22. The highest BCUT2D eigenvalue weighted by Crippen LogP contribution is 2.45. The number of nitrogens with zero attached hydrogens (tertiary/aromatic N) is 1. The topological polar surface area (TPSA) is 49.8 Å². The van der Waals surface area contributed by atoms with Gasteiger partial charge in [-0.2, -0.15) is 0 Å². The lowest BCUT2D eigenvalue weighted by atomic mass is 9.99. The molecule has 3 atom stereocenters. The average Bonchev–Trinajstić information content (AvgIpc) is 2.63. The van der Waals surface area contributed by atoms with E-state index in [1.165, 1.54) is 0 Å². The minimum absolute atomic E-state index is 0.0117. The number of likely N-dealkylation sites (tertiary alicyclic amines) is 1. The first-order valence-corrected chi connectivity index (χ1v) is 5.48. The van der Waals surface area contributed by atoms with Crippen molar-refractivity contribution in [2.24, 2.45) is 17.3 Å². The molecule has 1 saturated heterocycles. The molecule has 1 unspecified atom stereocenters. The van der Waals surface area contributed by atoms with Gasteiger partial charge in [0.25, 0.3) is 0 Å². The maximum absolute atomic E-state index is 11.6. The van der Waals surface area contributed by atoms with Crippen molar-refractivity contribution >= 4 is 6.09 Å². The Bertz CT molecular complexity index is 259. The molecule has 1 aliphatic heterocycles. The largest absolute Gasteiger partial charge is 0.449 e. The number of hydrogen-bond acceptors (Lipinski definition) is 3. The zero-order chi connectivity index (χ0) is 11.2. The van der Waals surface area contributed by atoms with Crippen molar-refractivity contribution in [3.63, 3.8) is 0 Å². The van der Waals surface area contributed by atoms with Gasteiger partial charge in [-0.15, -0.1) is 0 Å². The van der Waals surface area contributed by atoms with Gasteiger partial charge in [0.2, 0.25) is 0 Å². The second-order valence-electron chi connectivity index (χ2n) is 5.84. The van der Waals surface area contributed by atoms with Crippen LogP contribution in [-0.2, 0) is 4.74 Å². The summed E-state index contributed by atoms with van der Waals surface area (Å²) in [4.78, 5) is 13.3. The van der Waals surface area contributed by atoms with E-state index in [9.17, 15) is 9.90 Å². The zero-order valence-corrected chi connectivity index (χ0v) is 9.56. The molecule has 0 bridgehead atoms. The fraction of sp³-hybridized carbons (Fsp3) is 0.909. The summed E-state index contributed by atoms with van der Waals surface area (Å²) in [5.41, 5.74) is 0.0117. The Hall–Kier alpha value is -0.770. The molecular formula is C11H19NO3. The van der Waals surface area contributed by atoms with Crippen molar-refractivity contribution in [1.82, 2.24) is 4.90 Å². The predicted octanol–water partition coefficient (Wildman–Crippen LogP) is 1.09. The Kier molecular flexibility index (Phi) is 2.41. The molecule has 0 spiro atoms. The Morgan fingerprint density at radius 2 is 1.93 bits per heavy atom. The average molecular weight is 213 g/mol. The molecular weight excluding hydrogens is 194 g/mol. The number of aliphatic hydroxyl groups is 1. The van der Waals surface area contributed by atoms with Crippen molar-refractivity contribution in [3.05, 3.63) is 0 Å². The van der Waals surface area contributed by atoms with Crippen molar-refractivity contribution in [3.8, 4) is 0 Å². The summed E-state index contributed by atoms with van der Waals surface area (Å²) in [6.07, 6.45) is -0.402. The molecule has 86 valence electrons. The summed E-state index contributed by atoms with van der Waals surface area (Å²) in [6, 6.07) is 0. The molecule has 2 fully saturated rings. The number of aliphatic hydroxyl groups excluding tert-OH is 1. The van der Waals surface area contributed by atoms with E-state index in [1.807, 2.05) is 20.8 Å². The highest BCUT2D eigenvalue weighted by Gasteiger charge is 2.56. The number of fused-ring (bicyclic) bond motifs is 1. The van der Waals surface area contributed by atoms with Crippen LogP contribution in [0, 0.1) is 17.3 Å². The lowest BCUT2D eigenvalue weighted by Crippen LogP contribution is -2.34. The maximum Gasteiger partial charge on any atom is 0.409 e. The van der Waals surface area contributed by atoms with Crippen molar-refractivity contribution in [1.29, 1.82) is 0 Å². The van der Waals surface area contributed by atoms with Crippen molar-refractivity contribution in [2.75, 3.05) is 19.7 Å². The summed E-state index contributed by atoms with van der Waals surface area (Å²) in [5.74, 6) is 0.624. The van der Waals surface area contributed by atoms with E-state index in [2.05, 4.69) is 0 Å². The quantitative estimate of drug-likeness (QED) is 0.709. The van der Waals surface area contributed by atoms with Gasteiger partial charge in [0.15, 0.2) is 0 Å². The first kappa shape index (κ1) is 10.7. The van der Waals surface area contributed by atoms with Gasteiger partial charge in [-0.05, 0) is 5.41 Å². The smallest absolute Gasteiger partial charge is 0.409 e. The lowest BCUT2D eigenvalue weighted by molar-refractivity contribution is 0.0708. The number of rotatable bonds is 1. The minimum Gasteiger partial charge on any atom is -0.449 e. The van der Waals surface area contributed by atoms with Gasteiger partial charge in [-0.1, -0.05) is 20.8 Å². The molecule has 1 aliphatic carbocycles. The highest BCUT2D eigenvalue weighted by molar-refractivity contribution is 5.68. The molecule has 4 nitrogen and oxygen atoms in total. The number of hydrogen-bond donors (Lipinski definition) is 1. The summed E-state index contributed by atoms with van der Waals surface area (Å²) >= 11 is 0. The molecule has 1 heterocycles. The SMILES string of the molecule is CC(C)(C)COC(=O)N1C[C@@H]2C(O)[C@@H]2C1. The van der Waals surface area contributed by atoms with E-state index >= 15 is 0 Å². The van der Waals surface area contributed by atoms with Crippen LogP contribution in [0.15, 0.2) is 0 Å². The van der Waals surface area contributed by atoms with E-state index in [0.717, 1.165) is 0 Å². The van der Waals surface area contributed by atoms with Gasteiger partial charge in [-0.3, -0.25) is 0 Å². The number of carbonyl (C=O) groups excluding carboxylic acids is 1. The second-order valence-corrected chi connectivity index (χ2v) is 5.84. The molecule has 0 aromatic rings. The monoisotopic (exact) mass is 213 g/mol. The Morgan fingerprint density at radius 3 is 2.40 bits per heavy atom. The number of piperidine rings is 1. The van der Waals surface area contributed by atoms with Gasteiger partial charge in [0.05, 0.1) is 12.7 Å². The van der Waals surface area contributed by atoms with Crippen molar-refractivity contribution < 1.29 is 14.6 Å². The zero-order valence-electron chi connectivity index (χ0n) is 9.56. The number of amides is 1. The molecule has 0 aromatic carbocycles. The third-order valence-corrected chi connectivity index (χ3v) is 3.04. The van der Waals surface area contributed by atoms with Gasteiger partial charge >= 0.3 is 6.09 Å². The minimum atomic E-state index is -0.232. The molecule has 1 N–H and O–H groups in total. The van der Waals surface area contributed by atoms with Crippen LogP contribution in [-0.4, -0.2) is 41.9 Å². The van der Waals surface area contributed by atoms with E-state index in [-0.39, 0.29) is 17.6 Å². The first-order chi connectivity index (χ1) is 6.88. The molecule has 2 aliphatic rings. The normalized spacial score (nSPS) is 33.9. The van der Waals surface area contributed by atoms with E-state index < -0.39 is 0 Å². The molecule has 1 amide bonds. The Balaban J connectivity index is 1.74. The van der Waals surface area contributed by atoms with Crippen LogP contribution < -0.4 is 0 Å². The third kappa shape index (κ3) is 2.25. The predicted molar refractivity (Wildman–Crippen MR) is 55.4 cm³/mol. The summed E-state index contributed by atoms with van der Waals surface area (Å²) in [6.45, 7) is 7.87. The summed E-state index contributed by atoms with van der Waals surface area (Å²) in [5, 5.41) is 9.33. The molecule has 0 radical (unpaired) electrons. The Labute approximate surface area is 90.2 Å². The van der Waals surface area contributed by atoms with Gasteiger partial charge in [0, 0.05) is 24.9 Å². The number of ether oxygens (including phenoxy) is 1. The molecule has 15 heavy (non-hydrogen) atoms. The van der Waals surface area contributed by atoms with Crippen LogP contribution in [0.5, 0.6) is 0 Å². The van der Waals surface area contributed by atoms with Crippen LogP contribution in [0.25, 0.3) is 0 Å². The van der Waals surface area contributed by atoms with Crippen LogP contribution >= 0.6 is 0 Å². The van der Waals surface area contributed by atoms with Crippen LogP contribution in [0.4, 0.5) is 4.79 Å². The third-order valence-electron chi connectivity index (χ3n) is 3.04. The standard InChI is InChI=1S/C11H19NO3/c1-11(2,3)6-15-10(14)12-4-7-8(5-12)9(7)13/h7-9,13H,4-6H2,1-3H3/t7-,8+,9?. The van der Waals surface area contributed by atoms with Gasteiger partial charge < -0.3 is 14.7 Å².